The van der Waals surface area contributed by atoms with Crippen LogP contribution in [0.1, 0.15) is 49.4 Å². The summed E-state index contributed by atoms with van der Waals surface area (Å²) >= 11 is 0. The Morgan fingerprint density at radius 3 is 1.74 bits per heavy atom. The Balaban J connectivity index is 1.16. The number of rotatable bonds is 6. The number of aromatic nitrogens is 4. The van der Waals surface area contributed by atoms with Crippen LogP contribution >= 0.6 is 0 Å². The molecule has 0 radical (unpaired) electrons. The standard InChI is InChI=1S/C28H30N6O/c1-33-14-2-4-25(33)27-29-16-23(31-27)21-10-6-19(7-11-21)20-8-12-22(13-9-20)24-17-30-28(32-24)26-5-3-15-34(26)18-35/h6-13,16-18,25-26H,2-5,14-15H2,1H3,(H,29,31)(H,30,32). The normalized spacial score (nSPS) is 20.5. The van der Waals surface area contributed by atoms with Gasteiger partial charge in [-0.1, -0.05) is 48.5 Å². The van der Waals surface area contributed by atoms with Crippen molar-refractivity contribution in [2.45, 2.75) is 37.8 Å². The topological polar surface area (TPSA) is 80.9 Å². The molecule has 2 fully saturated rings. The van der Waals surface area contributed by atoms with Crippen molar-refractivity contribution in [2.75, 3.05) is 20.1 Å². The first-order chi connectivity index (χ1) is 17.2. The van der Waals surface area contributed by atoms with Gasteiger partial charge in [0.15, 0.2) is 0 Å². The molecule has 6 rings (SSSR count). The SMILES string of the molecule is CN1CCCC1c1ncc(-c2ccc(-c3ccc(-c4cnc(C5CCCN5C=O)[nH]4)cc3)cc2)[nH]1. The molecule has 2 saturated heterocycles. The summed E-state index contributed by atoms with van der Waals surface area (Å²) in [4.78, 5) is 31.6. The third kappa shape index (κ3) is 4.17. The molecule has 0 saturated carbocycles. The van der Waals surface area contributed by atoms with Crippen molar-refractivity contribution < 1.29 is 4.79 Å². The summed E-state index contributed by atoms with van der Waals surface area (Å²) in [6.45, 7) is 1.94. The molecule has 4 heterocycles. The molecular weight excluding hydrogens is 436 g/mol. The number of nitrogens with one attached hydrogen (secondary N) is 2. The van der Waals surface area contributed by atoms with E-state index < -0.39 is 0 Å². The molecule has 1 amide bonds. The van der Waals surface area contributed by atoms with Crippen molar-refractivity contribution >= 4 is 6.41 Å². The van der Waals surface area contributed by atoms with Crippen LogP contribution in [0.3, 0.4) is 0 Å². The van der Waals surface area contributed by atoms with E-state index in [1.54, 1.807) is 0 Å². The molecule has 2 N–H and O–H groups in total. The van der Waals surface area contributed by atoms with Gasteiger partial charge in [-0.3, -0.25) is 9.69 Å². The number of imidazole rings is 2. The van der Waals surface area contributed by atoms with Crippen LogP contribution in [0.2, 0.25) is 0 Å². The molecule has 2 aliphatic rings. The molecule has 2 aromatic carbocycles. The van der Waals surface area contributed by atoms with E-state index in [0.29, 0.717) is 6.04 Å². The Morgan fingerprint density at radius 1 is 0.743 bits per heavy atom. The number of aromatic amines is 2. The largest absolute Gasteiger partial charge is 0.341 e. The number of hydrogen-bond acceptors (Lipinski definition) is 4. The fourth-order valence-electron chi connectivity index (χ4n) is 5.45. The lowest BCUT2D eigenvalue weighted by molar-refractivity contribution is -0.119. The van der Waals surface area contributed by atoms with E-state index >= 15 is 0 Å². The van der Waals surface area contributed by atoms with Crippen LogP contribution in [0, 0.1) is 0 Å². The molecule has 4 aromatic rings. The smallest absolute Gasteiger partial charge is 0.210 e. The summed E-state index contributed by atoms with van der Waals surface area (Å²) in [6, 6.07) is 17.6. The van der Waals surface area contributed by atoms with Crippen LogP contribution in [-0.4, -0.2) is 56.3 Å². The van der Waals surface area contributed by atoms with Gasteiger partial charge in [-0.15, -0.1) is 0 Å². The van der Waals surface area contributed by atoms with Gasteiger partial charge in [0.2, 0.25) is 6.41 Å². The van der Waals surface area contributed by atoms with Crippen molar-refractivity contribution in [3.63, 3.8) is 0 Å². The Bertz CT molecular complexity index is 1310. The van der Waals surface area contributed by atoms with E-state index in [0.717, 1.165) is 72.9 Å². The van der Waals surface area contributed by atoms with Gasteiger partial charge in [0.1, 0.15) is 11.6 Å². The maximum absolute atomic E-state index is 11.3. The van der Waals surface area contributed by atoms with Crippen molar-refractivity contribution in [3.05, 3.63) is 72.6 Å². The van der Waals surface area contributed by atoms with Gasteiger partial charge in [0, 0.05) is 6.54 Å². The van der Waals surface area contributed by atoms with Gasteiger partial charge < -0.3 is 14.9 Å². The predicted molar refractivity (Wildman–Crippen MR) is 136 cm³/mol. The van der Waals surface area contributed by atoms with Gasteiger partial charge >= 0.3 is 0 Å². The highest BCUT2D eigenvalue weighted by atomic mass is 16.1. The number of nitrogens with zero attached hydrogens (tertiary/aromatic N) is 4. The van der Waals surface area contributed by atoms with Gasteiger partial charge in [0.25, 0.3) is 0 Å². The second-order valence-corrected chi connectivity index (χ2v) is 9.66. The summed E-state index contributed by atoms with van der Waals surface area (Å²) in [7, 11) is 2.17. The third-order valence-electron chi connectivity index (χ3n) is 7.50. The summed E-state index contributed by atoms with van der Waals surface area (Å²) in [6.07, 6.45) is 9.11. The Hall–Kier alpha value is -3.71. The minimum absolute atomic E-state index is 0.0593. The van der Waals surface area contributed by atoms with Gasteiger partial charge in [-0.25, -0.2) is 9.97 Å². The number of carbonyl (C=O) groups is 1. The molecule has 35 heavy (non-hydrogen) atoms. The van der Waals surface area contributed by atoms with Crippen molar-refractivity contribution in [1.29, 1.82) is 0 Å². The molecular formula is C28H30N6O. The van der Waals surface area contributed by atoms with Crippen molar-refractivity contribution in [3.8, 4) is 33.6 Å². The molecule has 7 nitrogen and oxygen atoms in total. The fourth-order valence-corrected chi connectivity index (χ4v) is 5.45. The zero-order chi connectivity index (χ0) is 23.8. The lowest BCUT2D eigenvalue weighted by Gasteiger charge is -2.17. The molecule has 2 aromatic heterocycles. The lowest BCUT2D eigenvalue weighted by atomic mass is 10.0. The summed E-state index contributed by atoms with van der Waals surface area (Å²) in [5, 5.41) is 0. The number of benzene rings is 2. The van der Waals surface area contributed by atoms with Crippen molar-refractivity contribution in [2.24, 2.45) is 0 Å². The summed E-state index contributed by atoms with van der Waals surface area (Å²) in [5.74, 6) is 1.93. The highest BCUT2D eigenvalue weighted by Gasteiger charge is 2.27. The quantitative estimate of drug-likeness (QED) is 0.383. The number of H-pyrrole nitrogens is 2. The fraction of sp³-hybridized carbons (Fsp3) is 0.321. The highest BCUT2D eigenvalue weighted by molar-refractivity contribution is 5.71. The Kier molecular flexibility index (Phi) is 5.70. The second kappa shape index (κ2) is 9.15. The second-order valence-electron chi connectivity index (χ2n) is 9.66. The number of likely N-dealkylation sites (tertiary alicyclic amines) is 2. The van der Waals surface area contributed by atoms with Crippen LogP contribution in [0.25, 0.3) is 33.6 Å². The average molecular weight is 467 g/mol. The minimum atomic E-state index is 0.0593. The van der Waals surface area contributed by atoms with E-state index in [1.807, 2.05) is 17.3 Å². The zero-order valence-corrected chi connectivity index (χ0v) is 19.9. The monoisotopic (exact) mass is 466 g/mol. The lowest BCUT2D eigenvalue weighted by Crippen LogP contribution is -2.21. The van der Waals surface area contributed by atoms with E-state index in [2.05, 4.69) is 80.4 Å². The Labute approximate surface area is 205 Å². The zero-order valence-electron chi connectivity index (χ0n) is 19.9. The third-order valence-corrected chi connectivity index (χ3v) is 7.50. The van der Waals surface area contributed by atoms with Gasteiger partial charge in [-0.2, -0.15) is 0 Å². The first kappa shape index (κ1) is 21.8. The first-order valence-corrected chi connectivity index (χ1v) is 12.4. The first-order valence-electron chi connectivity index (χ1n) is 12.4. The highest BCUT2D eigenvalue weighted by Crippen LogP contribution is 2.32. The minimum Gasteiger partial charge on any atom is -0.341 e. The van der Waals surface area contributed by atoms with Crippen LogP contribution in [-0.2, 0) is 4.79 Å². The molecule has 2 atom stereocenters. The van der Waals surface area contributed by atoms with E-state index in [1.165, 1.54) is 17.5 Å². The molecule has 0 spiro atoms. The van der Waals surface area contributed by atoms with Gasteiger partial charge in [0.05, 0.1) is 35.9 Å². The van der Waals surface area contributed by atoms with Crippen molar-refractivity contribution in [1.82, 2.24) is 29.7 Å². The van der Waals surface area contributed by atoms with Crippen LogP contribution < -0.4 is 0 Å². The number of hydrogen-bond donors (Lipinski definition) is 2. The predicted octanol–water partition coefficient (Wildman–Crippen LogP) is 5.19. The Morgan fingerprint density at radius 2 is 1.23 bits per heavy atom. The molecule has 0 aliphatic carbocycles. The van der Waals surface area contributed by atoms with E-state index in [4.69, 9.17) is 0 Å². The molecule has 2 unspecified atom stereocenters. The summed E-state index contributed by atoms with van der Waals surface area (Å²) in [5.41, 5.74) is 6.61. The number of carbonyl (C=O) groups excluding carboxylic acids is 1. The van der Waals surface area contributed by atoms with E-state index in [9.17, 15) is 4.79 Å². The van der Waals surface area contributed by atoms with Crippen LogP contribution in [0.5, 0.6) is 0 Å². The average Bonchev–Trinajstić information content (AvgIpc) is 3.70. The van der Waals surface area contributed by atoms with E-state index in [-0.39, 0.29) is 6.04 Å². The van der Waals surface area contributed by atoms with Crippen LogP contribution in [0.15, 0.2) is 60.9 Å². The maximum Gasteiger partial charge on any atom is 0.210 e. The van der Waals surface area contributed by atoms with Gasteiger partial charge in [-0.05, 0) is 61.5 Å². The maximum atomic E-state index is 11.3. The molecule has 2 aliphatic heterocycles. The molecule has 178 valence electrons. The molecule has 7 heteroatoms. The molecule has 0 bridgehead atoms. The van der Waals surface area contributed by atoms with Crippen LogP contribution in [0.4, 0.5) is 0 Å². The summed E-state index contributed by atoms with van der Waals surface area (Å²) < 4.78 is 0. The number of amides is 1.